The molecule has 0 aromatic heterocycles. The maximum atomic E-state index is 2.42. The summed E-state index contributed by atoms with van der Waals surface area (Å²) in [7, 11) is 0. The van der Waals surface area contributed by atoms with Gasteiger partial charge < -0.3 is 4.90 Å². The molecule has 1 nitrogen and oxygen atoms in total. The van der Waals surface area contributed by atoms with Crippen LogP contribution in [-0.4, -0.2) is 0 Å². The van der Waals surface area contributed by atoms with E-state index in [1.165, 1.54) is 61.0 Å². The van der Waals surface area contributed by atoms with Crippen LogP contribution in [0.5, 0.6) is 0 Å². The van der Waals surface area contributed by atoms with Gasteiger partial charge in [-0.1, -0.05) is 123 Å². The lowest BCUT2D eigenvalue weighted by atomic mass is 9.81. The van der Waals surface area contributed by atoms with Crippen molar-refractivity contribution >= 4 is 27.8 Å². The Kier molecular flexibility index (Phi) is 6.20. The molecule has 0 radical (unpaired) electrons. The molecular weight excluding hydrogens is 530 g/mol. The molecule has 7 aromatic rings. The van der Waals surface area contributed by atoms with Crippen LogP contribution in [0.3, 0.4) is 0 Å². The second-order valence-corrected chi connectivity index (χ2v) is 12.3. The zero-order valence-corrected chi connectivity index (χ0v) is 25.0. The zero-order valence-electron chi connectivity index (χ0n) is 25.0. The van der Waals surface area contributed by atoms with Gasteiger partial charge in [-0.15, -0.1) is 0 Å². The molecule has 1 heteroatoms. The number of benzene rings is 7. The summed E-state index contributed by atoms with van der Waals surface area (Å²) in [5.41, 5.74) is 13.7. The van der Waals surface area contributed by atoms with Gasteiger partial charge in [0, 0.05) is 22.5 Å². The molecule has 0 unspecified atom stereocenters. The Balaban J connectivity index is 1.19. The summed E-state index contributed by atoms with van der Waals surface area (Å²) < 4.78 is 0. The van der Waals surface area contributed by atoms with Crippen LogP contribution in [0.25, 0.3) is 44.2 Å². The van der Waals surface area contributed by atoms with E-state index in [9.17, 15) is 0 Å². The van der Waals surface area contributed by atoms with Gasteiger partial charge in [-0.25, -0.2) is 0 Å². The van der Waals surface area contributed by atoms with Crippen molar-refractivity contribution < 1.29 is 0 Å². The smallest absolute Gasteiger partial charge is 0.0465 e. The number of rotatable bonds is 5. The molecule has 44 heavy (non-hydrogen) atoms. The zero-order chi connectivity index (χ0) is 29.7. The van der Waals surface area contributed by atoms with E-state index in [0.717, 1.165) is 11.4 Å². The number of para-hydroxylation sites is 2. The van der Waals surface area contributed by atoms with Gasteiger partial charge in [0.1, 0.15) is 0 Å². The minimum absolute atomic E-state index is 0.132. The van der Waals surface area contributed by atoms with Crippen LogP contribution in [0.1, 0.15) is 25.0 Å². The molecule has 0 spiro atoms. The number of hydrogen-bond acceptors (Lipinski definition) is 1. The Bertz CT molecular complexity index is 2090. The van der Waals surface area contributed by atoms with E-state index >= 15 is 0 Å². The van der Waals surface area contributed by atoms with Gasteiger partial charge in [-0.2, -0.15) is 0 Å². The molecule has 7 aromatic carbocycles. The standard InChI is InChI=1S/C43H33N/c1-43(2)41-28-34(33-21-19-31-18-20-32(26-35(31)27-33)30-12-6-3-7-13-30)22-24-39(41)40-25-23-38(29-42(40)43)44(36-14-8-4-9-15-36)37-16-10-5-11-17-37/h3-29H,1-2H3. The largest absolute Gasteiger partial charge is 0.310 e. The second-order valence-electron chi connectivity index (χ2n) is 12.3. The van der Waals surface area contributed by atoms with Crippen molar-refractivity contribution in [3.63, 3.8) is 0 Å². The van der Waals surface area contributed by atoms with Gasteiger partial charge >= 0.3 is 0 Å². The van der Waals surface area contributed by atoms with Crippen LogP contribution in [0.15, 0.2) is 164 Å². The third kappa shape index (κ3) is 4.41. The molecule has 0 heterocycles. The summed E-state index contributed by atoms with van der Waals surface area (Å²) in [5.74, 6) is 0. The number of fused-ring (bicyclic) bond motifs is 4. The van der Waals surface area contributed by atoms with Gasteiger partial charge in [0.15, 0.2) is 0 Å². The fraction of sp³-hybridized carbons (Fsp3) is 0.0698. The van der Waals surface area contributed by atoms with Crippen LogP contribution in [0.2, 0.25) is 0 Å². The molecule has 1 aliphatic carbocycles. The molecule has 0 fully saturated rings. The highest BCUT2D eigenvalue weighted by molar-refractivity contribution is 5.92. The lowest BCUT2D eigenvalue weighted by molar-refractivity contribution is 0.660. The van der Waals surface area contributed by atoms with Crippen LogP contribution >= 0.6 is 0 Å². The fourth-order valence-corrected chi connectivity index (χ4v) is 6.88. The van der Waals surface area contributed by atoms with E-state index in [4.69, 9.17) is 0 Å². The van der Waals surface area contributed by atoms with E-state index in [0.29, 0.717) is 0 Å². The molecule has 0 bridgehead atoms. The third-order valence-electron chi connectivity index (χ3n) is 9.23. The topological polar surface area (TPSA) is 3.24 Å². The SMILES string of the molecule is CC1(C)c2cc(-c3ccc4ccc(-c5ccccc5)cc4c3)ccc2-c2ccc(N(c3ccccc3)c3ccccc3)cc21. The predicted octanol–water partition coefficient (Wildman–Crippen LogP) is 11.9. The van der Waals surface area contributed by atoms with Crippen LogP contribution in [0.4, 0.5) is 17.1 Å². The molecule has 1 aliphatic rings. The normalized spacial score (nSPS) is 13.0. The number of hydrogen-bond donors (Lipinski definition) is 0. The molecule has 0 N–H and O–H groups in total. The van der Waals surface area contributed by atoms with E-state index in [1.807, 2.05) is 0 Å². The van der Waals surface area contributed by atoms with E-state index in [2.05, 4.69) is 183 Å². The minimum atomic E-state index is -0.132. The number of nitrogens with zero attached hydrogens (tertiary/aromatic N) is 1. The lowest BCUT2D eigenvalue weighted by Crippen LogP contribution is -2.16. The highest BCUT2D eigenvalue weighted by Gasteiger charge is 2.36. The highest BCUT2D eigenvalue weighted by atomic mass is 15.1. The Labute approximate surface area is 259 Å². The van der Waals surface area contributed by atoms with E-state index in [-0.39, 0.29) is 5.41 Å². The summed E-state index contributed by atoms with van der Waals surface area (Å²) in [6.45, 7) is 4.74. The first-order chi connectivity index (χ1) is 21.6. The average Bonchev–Trinajstić information content (AvgIpc) is 3.31. The van der Waals surface area contributed by atoms with Crippen molar-refractivity contribution in [3.05, 3.63) is 175 Å². The molecule has 0 saturated heterocycles. The van der Waals surface area contributed by atoms with Crippen molar-refractivity contribution in [2.75, 3.05) is 4.90 Å². The van der Waals surface area contributed by atoms with Gasteiger partial charge in [0.05, 0.1) is 0 Å². The molecular formula is C43H33N. The molecule has 0 saturated carbocycles. The van der Waals surface area contributed by atoms with Crippen molar-refractivity contribution in [3.8, 4) is 33.4 Å². The second kappa shape index (κ2) is 10.4. The van der Waals surface area contributed by atoms with Crippen molar-refractivity contribution in [1.82, 2.24) is 0 Å². The van der Waals surface area contributed by atoms with Crippen molar-refractivity contribution in [2.24, 2.45) is 0 Å². The summed E-state index contributed by atoms with van der Waals surface area (Å²) in [5, 5.41) is 2.52. The van der Waals surface area contributed by atoms with E-state index in [1.54, 1.807) is 0 Å². The first-order valence-corrected chi connectivity index (χ1v) is 15.4. The van der Waals surface area contributed by atoms with Crippen LogP contribution in [0, 0.1) is 0 Å². The molecule has 0 aliphatic heterocycles. The van der Waals surface area contributed by atoms with Crippen molar-refractivity contribution in [2.45, 2.75) is 19.3 Å². The third-order valence-corrected chi connectivity index (χ3v) is 9.23. The summed E-state index contributed by atoms with van der Waals surface area (Å²) >= 11 is 0. The van der Waals surface area contributed by atoms with E-state index < -0.39 is 0 Å². The van der Waals surface area contributed by atoms with Gasteiger partial charge in [0.2, 0.25) is 0 Å². The van der Waals surface area contributed by atoms with Gasteiger partial charge in [0.25, 0.3) is 0 Å². The fourth-order valence-electron chi connectivity index (χ4n) is 6.88. The Morgan fingerprint density at radius 2 is 0.841 bits per heavy atom. The van der Waals surface area contributed by atoms with Crippen LogP contribution < -0.4 is 4.90 Å². The van der Waals surface area contributed by atoms with Crippen molar-refractivity contribution in [1.29, 1.82) is 0 Å². The van der Waals surface area contributed by atoms with Gasteiger partial charge in [-0.05, 0) is 110 Å². The average molecular weight is 564 g/mol. The minimum Gasteiger partial charge on any atom is -0.310 e. The molecule has 8 rings (SSSR count). The van der Waals surface area contributed by atoms with Crippen LogP contribution in [-0.2, 0) is 5.41 Å². The molecule has 210 valence electrons. The maximum Gasteiger partial charge on any atom is 0.0465 e. The lowest BCUT2D eigenvalue weighted by Gasteiger charge is -2.28. The Morgan fingerprint density at radius 1 is 0.364 bits per heavy atom. The first kappa shape index (κ1) is 26.2. The summed E-state index contributed by atoms with van der Waals surface area (Å²) in [6, 6.07) is 59.6. The Morgan fingerprint density at radius 3 is 1.45 bits per heavy atom. The first-order valence-electron chi connectivity index (χ1n) is 15.4. The Hall–Kier alpha value is -5.40. The molecule has 0 atom stereocenters. The summed E-state index contributed by atoms with van der Waals surface area (Å²) in [6.07, 6.45) is 0. The predicted molar refractivity (Wildman–Crippen MR) is 187 cm³/mol. The summed E-state index contributed by atoms with van der Waals surface area (Å²) in [4.78, 5) is 2.35. The van der Waals surface area contributed by atoms with Gasteiger partial charge in [-0.3, -0.25) is 0 Å². The number of anilines is 3. The molecule has 0 amide bonds. The highest BCUT2D eigenvalue weighted by Crippen LogP contribution is 2.51. The quantitative estimate of drug-likeness (QED) is 0.201. The monoisotopic (exact) mass is 563 g/mol. The maximum absolute atomic E-state index is 2.42.